The predicted molar refractivity (Wildman–Crippen MR) is 205 cm³/mol. The summed E-state index contributed by atoms with van der Waals surface area (Å²) in [6.07, 6.45) is 16.4. The summed E-state index contributed by atoms with van der Waals surface area (Å²) >= 11 is -1.21. The van der Waals surface area contributed by atoms with E-state index in [1.807, 2.05) is 34.9 Å². The second-order valence-corrected chi connectivity index (χ2v) is 14.2. The van der Waals surface area contributed by atoms with Crippen LogP contribution in [0.1, 0.15) is 76.5 Å². The molecular weight excluding hydrogens is 645 g/mol. The van der Waals surface area contributed by atoms with E-state index in [1.54, 1.807) is 30.7 Å². The quantitative estimate of drug-likeness (QED) is 0.0674. The van der Waals surface area contributed by atoms with Crippen molar-refractivity contribution < 1.29 is 18.8 Å². The van der Waals surface area contributed by atoms with Gasteiger partial charge in [-0.05, 0) is 108 Å². The number of ether oxygens (including phenoxy) is 2. The maximum absolute atomic E-state index is 13.2. The van der Waals surface area contributed by atoms with Crippen LogP contribution < -0.4 is 15.0 Å². The largest absolute Gasteiger partial charge is 0.611 e. The van der Waals surface area contributed by atoms with Crippen molar-refractivity contribution in [3.8, 4) is 16.9 Å². The number of unbranched alkanes of at least 4 members (excludes halogenated alkanes) is 1. The maximum atomic E-state index is 13.2. The van der Waals surface area contributed by atoms with E-state index >= 15 is 0 Å². The number of carbonyl (C=O) groups excluding carboxylic acids is 1. The summed E-state index contributed by atoms with van der Waals surface area (Å²) in [6, 6.07) is 21.9. The van der Waals surface area contributed by atoms with Crippen molar-refractivity contribution in [2.75, 3.05) is 43.1 Å². The van der Waals surface area contributed by atoms with Gasteiger partial charge < -0.3 is 28.8 Å². The molecular formula is C41H52N4O4S. The lowest BCUT2D eigenvalue weighted by molar-refractivity contribution is -0.111. The Morgan fingerprint density at radius 2 is 1.64 bits per heavy atom. The van der Waals surface area contributed by atoms with Gasteiger partial charge in [0.15, 0.2) is 10.6 Å². The van der Waals surface area contributed by atoms with Gasteiger partial charge in [-0.2, -0.15) is 0 Å². The van der Waals surface area contributed by atoms with Crippen LogP contribution in [0.25, 0.3) is 17.2 Å². The molecule has 4 aromatic rings. The van der Waals surface area contributed by atoms with Crippen LogP contribution in [0.5, 0.6) is 5.75 Å². The molecule has 1 aromatic heterocycles. The number of anilines is 2. The summed E-state index contributed by atoms with van der Waals surface area (Å²) < 4.78 is 26.6. The lowest BCUT2D eigenvalue weighted by Gasteiger charge is -2.28. The molecule has 3 aromatic carbocycles. The molecule has 8 nitrogen and oxygen atoms in total. The van der Waals surface area contributed by atoms with Gasteiger partial charge in [-0.1, -0.05) is 57.7 Å². The molecule has 1 N–H and O–H groups in total. The Morgan fingerprint density at radius 1 is 0.900 bits per heavy atom. The normalized spacial score (nSPS) is 14.3. The van der Waals surface area contributed by atoms with Crippen LogP contribution in [0.3, 0.4) is 0 Å². The van der Waals surface area contributed by atoms with Crippen molar-refractivity contribution in [2.45, 2.75) is 82.4 Å². The number of hydrogen-bond acceptors (Lipinski definition) is 6. The van der Waals surface area contributed by atoms with Crippen LogP contribution in [-0.2, 0) is 33.0 Å². The lowest BCUT2D eigenvalue weighted by atomic mass is 9.99. The molecule has 1 aliphatic rings. The van der Waals surface area contributed by atoms with Gasteiger partial charge in [0.05, 0.1) is 24.8 Å². The van der Waals surface area contributed by atoms with E-state index in [0.29, 0.717) is 29.5 Å². The van der Waals surface area contributed by atoms with Crippen molar-refractivity contribution in [2.24, 2.45) is 0 Å². The first-order valence-corrected chi connectivity index (χ1v) is 19.5. The van der Waals surface area contributed by atoms with E-state index in [4.69, 9.17) is 9.47 Å². The van der Waals surface area contributed by atoms with Crippen LogP contribution in [0.15, 0.2) is 90.2 Å². The predicted octanol–water partition coefficient (Wildman–Crippen LogP) is 8.89. The molecule has 9 heteroatoms. The van der Waals surface area contributed by atoms with E-state index in [0.717, 1.165) is 79.3 Å². The molecule has 0 aliphatic carbocycles. The molecule has 5 rings (SSSR count). The second kappa shape index (κ2) is 20.0. The Balaban J connectivity index is 1.25. The van der Waals surface area contributed by atoms with Crippen molar-refractivity contribution in [3.05, 3.63) is 96.6 Å². The van der Waals surface area contributed by atoms with Crippen LogP contribution >= 0.6 is 0 Å². The number of aryl methyl sites for hydroxylation is 1. The van der Waals surface area contributed by atoms with Gasteiger partial charge in [-0.15, -0.1) is 0 Å². The monoisotopic (exact) mass is 696 g/mol. The van der Waals surface area contributed by atoms with Crippen molar-refractivity contribution in [3.63, 3.8) is 0 Å². The molecule has 50 heavy (non-hydrogen) atoms. The number of carbonyl (C=O) groups is 1. The Hall–Kier alpha value is -4.05. The number of amides is 1. The molecule has 0 radical (unpaired) electrons. The fourth-order valence-electron chi connectivity index (χ4n) is 6.12. The molecule has 1 aliphatic heterocycles. The van der Waals surface area contributed by atoms with Gasteiger partial charge in [0, 0.05) is 43.7 Å². The van der Waals surface area contributed by atoms with E-state index in [9.17, 15) is 9.35 Å². The molecule has 2 heterocycles. The highest BCUT2D eigenvalue weighted by Crippen LogP contribution is 2.31. The van der Waals surface area contributed by atoms with Crippen LogP contribution in [0, 0.1) is 0 Å². The highest BCUT2D eigenvalue weighted by molar-refractivity contribution is 7.90. The SMILES string of the molecule is CCCCOCCOc1ccc(-c2ccc(N3CCCCCCC3)c(/C=C/C(=O)Nc3ccc([S+]([O-])Cc4cncn4CCC)cc3)c2)cc1. The van der Waals surface area contributed by atoms with Gasteiger partial charge >= 0.3 is 0 Å². The van der Waals surface area contributed by atoms with Gasteiger partial charge in [0.2, 0.25) is 5.91 Å². The highest BCUT2D eigenvalue weighted by atomic mass is 32.2. The summed E-state index contributed by atoms with van der Waals surface area (Å²) in [5, 5.41) is 2.98. The molecule has 0 spiro atoms. The third-order valence-corrected chi connectivity index (χ3v) is 10.2. The summed E-state index contributed by atoms with van der Waals surface area (Å²) in [4.78, 5) is 20.6. The Labute approximate surface area is 301 Å². The molecule has 0 saturated carbocycles. The first kappa shape index (κ1) is 37.2. The summed E-state index contributed by atoms with van der Waals surface area (Å²) in [6.45, 7) is 9.03. The number of hydrogen-bond donors (Lipinski definition) is 1. The van der Waals surface area contributed by atoms with E-state index in [-0.39, 0.29) is 5.91 Å². The molecule has 1 amide bonds. The topological polar surface area (TPSA) is 91.7 Å². The smallest absolute Gasteiger partial charge is 0.248 e. The average Bonchev–Trinajstić information content (AvgIpc) is 3.55. The average molecular weight is 697 g/mol. The number of benzene rings is 3. The van der Waals surface area contributed by atoms with Gasteiger partial charge in [0.1, 0.15) is 12.4 Å². The third-order valence-electron chi connectivity index (χ3n) is 8.89. The van der Waals surface area contributed by atoms with Crippen molar-refractivity contribution in [1.29, 1.82) is 0 Å². The Bertz CT molecular complexity index is 1630. The fraction of sp³-hybridized carbons (Fsp3) is 0.415. The zero-order valence-electron chi connectivity index (χ0n) is 29.6. The number of imidazole rings is 1. The zero-order chi connectivity index (χ0) is 35.0. The van der Waals surface area contributed by atoms with E-state index < -0.39 is 11.2 Å². The minimum atomic E-state index is -1.21. The number of aromatic nitrogens is 2. The summed E-state index contributed by atoms with van der Waals surface area (Å²) in [7, 11) is 0. The standard InChI is InChI=1S/C41H52N4O4S/c1-3-5-26-48-27-28-49-38-17-11-33(12-18-38)34-13-21-40(44-24-9-7-6-8-10-25-44)35(29-34)14-22-41(46)43-36-15-19-39(20-16-36)50(47)31-37-30-42-32-45(37)23-4-2/h11-22,29-30,32H,3-10,23-28,31H2,1-2H3,(H,43,46)/b22-14+. The minimum absolute atomic E-state index is 0.216. The lowest BCUT2D eigenvalue weighted by Crippen LogP contribution is -2.27. The van der Waals surface area contributed by atoms with Gasteiger partial charge in [0.25, 0.3) is 0 Å². The number of nitrogens with zero attached hydrogens (tertiary/aromatic N) is 3. The minimum Gasteiger partial charge on any atom is -0.611 e. The number of rotatable bonds is 17. The highest BCUT2D eigenvalue weighted by Gasteiger charge is 2.16. The second-order valence-electron chi connectivity index (χ2n) is 12.8. The van der Waals surface area contributed by atoms with Gasteiger partial charge in [-0.25, -0.2) is 4.98 Å². The van der Waals surface area contributed by atoms with Crippen molar-refractivity contribution >= 4 is 34.5 Å². The number of nitrogens with one attached hydrogen (secondary N) is 1. The summed E-state index contributed by atoms with van der Waals surface area (Å²) in [5.74, 6) is 1.01. The van der Waals surface area contributed by atoms with Crippen molar-refractivity contribution in [1.82, 2.24) is 9.55 Å². The van der Waals surface area contributed by atoms with Gasteiger partial charge in [-0.3, -0.25) is 4.79 Å². The van der Waals surface area contributed by atoms with Crippen LogP contribution in [-0.4, -0.2) is 52.9 Å². The Morgan fingerprint density at radius 3 is 2.38 bits per heavy atom. The molecule has 266 valence electrons. The Kier molecular flexibility index (Phi) is 14.9. The first-order valence-electron chi connectivity index (χ1n) is 18.2. The molecule has 1 fully saturated rings. The van der Waals surface area contributed by atoms with Crippen LogP contribution in [0.4, 0.5) is 11.4 Å². The van der Waals surface area contributed by atoms with Crippen LogP contribution in [0.2, 0.25) is 0 Å². The first-order chi connectivity index (χ1) is 24.5. The zero-order valence-corrected chi connectivity index (χ0v) is 30.5. The molecule has 1 atom stereocenters. The molecule has 1 saturated heterocycles. The molecule has 1 unspecified atom stereocenters. The maximum Gasteiger partial charge on any atom is 0.248 e. The van der Waals surface area contributed by atoms with E-state index in [1.165, 1.54) is 32.1 Å². The summed E-state index contributed by atoms with van der Waals surface area (Å²) in [5.41, 5.74) is 5.94. The third kappa shape index (κ3) is 11.2. The molecule has 0 bridgehead atoms. The fourth-order valence-corrected chi connectivity index (χ4v) is 7.24. The van der Waals surface area contributed by atoms with E-state index in [2.05, 4.69) is 59.4 Å².